The molecule has 0 unspecified atom stereocenters. The molecule has 0 heterocycles. The Kier molecular flexibility index (Phi) is 54.8. The Balaban J connectivity index is -0.000000170. The fourth-order valence-electron chi connectivity index (χ4n) is 2.77. The Bertz CT molecular complexity index is 744. The molecule has 2 fully saturated rings. The van der Waals surface area contributed by atoms with Crippen LogP contribution < -0.4 is 10.6 Å². The van der Waals surface area contributed by atoms with Gasteiger partial charge in [-0.25, -0.2) is 0 Å². The van der Waals surface area contributed by atoms with E-state index in [1.807, 2.05) is 32.1 Å². The van der Waals surface area contributed by atoms with Crippen molar-refractivity contribution in [2.75, 3.05) is 6.16 Å². The molecule has 10 heteroatoms. The van der Waals surface area contributed by atoms with Crippen LogP contribution in [0.5, 0.6) is 0 Å². The molecule has 2 aromatic rings. The smallest absolute Gasteiger partial charge is 0 e. The standard InChI is InChI=1S/C19H18P.C5H5.5CO.2ClH.Mn.Ti/c1-3-11-18(12-4-1)20(19-13-5-2-6-14-19)16-15-17-9-7-8-10-17;1-2-4-5-3-1;5*1-2;;;;/h1-14H,15-16H2;1-5H;;;;;;2*1H;;/q;;;;;;;;;;+2/p-2. The summed E-state index contributed by atoms with van der Waals surface area (Å²) in [7, 11) is 9.52. The van der Waals surface area contributed by atoms with Crippen LogP contribution in [-0.2, 0) is 57.4 Å². The molecule has 0 amide bonds. The Hall–Kier alpha value is -0.616. The number of benzene rings is 2. The summed E-state index contributed by atoms with van der Waals surface area (Å²) in [5.41, 5.74) is 0. The van der Waals surface area contributed by atoms with Gasteiger partial charge in [-0.05, 0) is 94.8 Å². The summed E-state index contributed by atoms with van der Waals surface area (Å²) in [5, 5.41) is 2.94. The van der Waals surface area contributed by atoms with Crippen LogP contribution in [0.3, 0.4) is 0 Å². The maximum absolute atomic E-state index is 7.50. The van der Waals surface area contributed by atoms with Gasteiger partial charge in [-0.1, -0.05) is 60.7 Å². The van der Waals surface area contributed by atoms with E-state index in [0.29, 0.717) is 0 Å². The molecular weight excluding hydrogens is 633 g/mol. The first-order valence-electron chi connectivity index (χ1n) is 10.1. The van der Waals surface area contributed by atoms with Crippen molar-refractivity contribution in [2.45, 2.75) is 6.42 Å². The zero-order chi connectivity index (χ0) is 29.9. The van der Waals surface area contributed by atoms with Gasteiger partial charge in [0.1, 0.15) is 0 Å². The zero-order valence-electron chi connectivity index (χ0n) is 20.5. The maximum atomic E-state index is 7.50. The quantitative estimate of drug-likeness (QED) is 0.160. The van der Waals surface area contributed by atoms with Crippen molar-refractivity contribution in [3.8, 4) is 0 Å². The Morgan fingerprint density at radius 3 is 1.10 bits per heavy atom. The van der Waals surface area contributed by atoms with Crippen molar-refractivity contribution in [2.24, 2.45) is 0 Å². The van der Waals surface area contributed by atoms with Gasteiger partial charge in [0.25, 0.3) is 0 Å². The molecule has 39 heavy (non-hydrogen) atoms. The van der Waals surface area contributed by atoms with Crippen LogP contribution in [-0.4, -0.2) is 6.16 Å². The molecular formula is C29H23Cl2MnO5PTi. The van der Waals surface area contributed by atoms with Crippen molar-refractivity contribution >= 4 is 37.1 Å². The molecule has 0 spiro atoms. The van der Waals surface area contributed by atoms with Crippen molar-refractivity contribution in [3.63, 3.8) is 0 Å². The molecule has 0 bridgehead atoms. The van der Waals surface area contributed by atoms with Crippen LogP contribution in [0.15, 0.2) is 60.7 Å². The molecule has 0 N–H and O–H groups in total. The summed E-state index contributed by atoms with van der Waals surface area (Å²) in [6.45, 7) is 22.5. The zero-order valence-corrected chi connectivity index (χ0v) is 25.7. The van der Waals surface area contributed by atoms with Crippen molar-refractivity contribution in [1.82, 2.24) is 0 Å². The Labute approximate surface area is 263 Å². The van der Waals surface area contributed by atoms with Crippen LogP contribution in [0.4, 0.5) is 0 Å². The second-order valence-corrected chi connectivity index (χ2v) is 10.8. The average Bonchev–Trinajstić information content (AvgIpc) is 3.78. The van der Waals surface area contributed by atoms with Gasteiger partial charge in [-0.15, -0.1) is 0 Å². The van der Waals surface area contributed by atoms with E-state index in [1.165, 1.54) is 22.7 Å². The molecule has 5 nitrogen and oxygen atoms in total. The summed E-state index contributed by atoms with van der Waals surface area (Å²) in [6, 6.07) is 21.9. The number of rotatable bonds is 5. The molecule has 0 saturated heterocycles. The minimum atomic E-state index is -0.556. The summed E-state index contributed by atoms with van der Waals surface area (Å²) in [5.74, 6) is 1.45. The summed E-state index contributed by atoms with van der Waals surface area (Å²) >= 11 is -0.556. The molecule has 0 aromatic heterocycles. The summed E-state index contributed by atoms with van der Waals surface area (Å²) < 4.78 is 37.5. The normalized spacial score (nSPS) is 11.8. The van der Waals surface area contributed by atoms with Gasteiger partial charge >= 0.3 is 92.2 Å². The molecule has 2 aliphatic carbocycles. The maximum Gasteiger partial charge on any atom is 0 e. The summed E-state index contributed by atoms with van der Waals surface area (Å²) in [4.78, 5) is 0. The molecule has 2 aliphatic rings. The van der Waals surface area contributed by atoms with Crippen molar-refractivity contribution in [3.05, 3.63) is 158 Å². The summed E-state index contributed by atoms with van der Waals surface area (Å²) in [6.07, 6.45) is 21.1. The Morgan fingerprint density at radius 1 is 0.538 bits per heavy atom. The van der Waals surface area contributed by atoms with E-state index in [2.05, 4.69) is 120 Å². The van der Waals surface area contributed by atoms with Crippen molar-refractivity contribution < 1.29 is 57.4 Å². The second-order valence-electron chi connectivity index (χ2n) is 5.90. The predicted octanol–water partition coefficient (Wildman–Crippen LogP) is 6.12. The molecule has 4 rings (SSSR count). The van der Waals surface area contributed by atoms with Crippen LogP contribution >= 0.6 is 26.5 Å². The van der Waals surface area contributed by atoms with Crippen LogP contribution in [0.25, 0.3) is 0 Å². The topological polar surface area (TPSA) is 99.5 Å². The van der Waals surface area contributed by atoms with Gasteiger partial charge in [-0.3, -0.25) is 0 Å². The second kappa shape index (κ2) is 44.4. The number of hydrogen-bond donors (Lipinski definition) is 0. The average molecular weight is 656 g/mol. The van der Waals surface area contributed by atoms with Crippen molar-refractivity contribution in [1.29, 1.82) is 0 Å². The third-order valence-corrected chi connectivity index (χ3v) is 6.56. The van der Waals surface area contributed by atoms with Crippen LogP contribution in [0, 0.1) is 97.0 Å². The van der Waals surface area contributed by atoms with E-state index < -0.39 is 17.0 Å². The largest absolute Gasteiger partial charge is 0 e. The SMILES string of the molecule is [C-]#[O+].[C-]#[O+].[C-]#[O+].[C-]#[O+].[C-]#[O+].[CH]1[CH][CH][CH][CH]1.[CH]1[CH][CH][C](CCP(c2ccccc2)c2ccccc2)[CH]1.[Cl][Ti][Cl].[Mn]. The van der Waals surface area contributed by atoms with E-state index in [1.54, 1.807) is 0 Å². The third kappa shape index (κ3) is 28.7. The van der Waals surface area contributed by atoms with E-state index in [0.717, 1.165) is 6.42 Å². The minimum absolute atomic E-state index is 0. The molecule has 2 saturated carbocycles. The van der Waals surface area contributed by atoms with Gasteiger partial charge in [0.05, 0.1) is 0 Å². The first-order valence-corrected chi connectivity index (χ1v) is 15.9. The van der Waals surface area contributed by atoms with Crippen LogP contribution in [0.1, 0.15) is 6.42 Å². The van der Waals surface area contributed by atoms with Gasteiger partial charge in [-0.2, -0.15) is 0 Å². The predicted molar refractivity (Wildman–Crippen MR) is 142 cm³/mol. The van der Waals surface area contributed by atoms with Gasteiger partial charge in [0, 0.05) is 17.1 Å². The van der Waals surface area contributed by atoms with Gasteiger partial charge in [0.15, 0.2) is 0 Å². The third-order valence-electron chi connectivity index (χ3n) is 4.05. The first kappa shape index (κ1) is 48.1. The number of hydrogen-bond acceptors (Lipinski definition) is 0. The molecule has 0 atom stereocenters. The van der Waals surface area contributed by atoms with Gasteiger partial charge < -0.3 is 0 Å². The molecule has 11 radical (unpaired) electrons. The van der Waals surface area contributed by atoms with Gasteiger partial charge in [0.2, 0.25) is 0 Å². The van der Waals surface area contributed by atoms with E-state index in [4.69, 9.17) is 41.9 Å². The van der Waals surface area contributed by atoms with E-state index >= 15 is 0 Å². The van der Waals surface area contributed by atoms with E-state index in [9.17, 15) is 0 Å². The molecule has 0 aliphatic heterocycles. The molecule has 2 aromatic carbocycles. The fourth-order valence-corrected chi connectivity index (χ4v) is 5.13. The first-order chi connectivity index (χ1) is 18.8. The Morgan fingerprint density at radius 2 is 0.821 bits per heavy atom. The molecule has 199 valence electrons. The number of halogens is 2. The van der Waals surface area contributed by atoms with Crippen LogP contribution in [0.2, 0.25) is 0 Å². The fraction of sp³-hybridized carbons (Fsp3) is 0.0690. The van der Waals surface area contributed by atoms with E-state index in [-0.39, 0.29) is 25.0 Å². The minimum Gasteiger partial charge on any atom is 0 e. The monoisotopic (exact) mass is 655 g/mol.